The Morgan fingerprint density at radius 2 is 1.52 bits per heavy atom. The second kappa shape index (κ2) is 10.7. The summed E-state index contributed by atoms with van der Waals surface area (Å²) in [6, 6.07) is 3.74. The van der Waals surface area contributed by atoms with E-state index >= 15 is 0 Å². The number of carbonyl (C=O) groups is 3. The van der Waals surface area contributed by atoms with Gasteiger partial charge in [0.1, 0.15) is 15.4 Å². The standard InChI is InChI=1S/C14H19NO4S.C9H11NO2S/c1-14(2,3)19-13(17)15-6-5-10-9(8-15)7-11(20-10)12(16)18-4;1-12-9(11)8-4-6-5-10-3-2-7(6)13-8/h7H,5-6,8H2,1-4H3;4,10H,2-3,5H2,1H3. The number of hydrogen-bond acceptors (Lipinski definition) is 9. The summed E-state index contributed by atoms with van der Waals surface area (Å²) in [5.74, 6) is -0.549. The van der Waals surface area contributed by atoms with Crippen LogP contribution in [0.25, 0.3) is 0 Å². The van der Waals surface area contributed by atoms with E-state index in [0.717, 1.165) is 41.2 Å². The van der Waals surface area contributed by atoms with E-state index in [-0.39, 0.29) is 18.0 Å². The Labute approximate surface area is 201 Å². The monoisotopic (exact) mass is 494 g/mol. The topological polar surface area (TPSA) is 94.2 Å². The van der Waals surface area contributed by atoms with Gasteiger partial charge in [-0.2, -0.15) is 0 Å². The molecule has 0 aliphatic carbocycles. The van der Waals surface area contributed by atoms with Gasteiger partial charge in [-0.05, 0) is 56.9 Å². The van der Waals surface area contributed by atoms with Crippen LogP contribution in [0.1, 0.15) is 61.0 Å². The number of ether oxygens (including phenoxy) is 3. The lowest BCUT2D eigenvalue weighted by atomic mass is 10.1. The Hall–Kier alpha value is -2.43. The molecule has 0 atom stereocenters. The minimum atomic E-state index is -0.497. The minimum absolute atomic E-state index is 0.223. The lowest BCUT2D eigenvalue weighted by molar-refractivity contribution is 0.0225. The smallest absolute Gasteiger partial charge is 0.410 e. The Balaban J connectivity index is 0.000000203. The van der Waals surface area contributed by atoms with Crippen LogP contribution in [-0.4, -0.2) is 55.8 Å². The summed E-state index contributed by atoms with van der Waals surface area (Å²) in [5.41, 5.74) is 1.76. The van der Waals surface area contributed by atoms with Crippen molar-refractivity contribution in [3.05, 3.63) is 42.8 Å². The van der Waals surface area contributed by atoms with Gasteiger partial charge in [-0.15, -0.1) is 22.7 Å². The van der Waals surface area contributed by atoms with Gasteiger partial charge in [0.15, 0.2) is 0 Å². The van der Waals surface area contributed by atoms with Crippen LogP contribution in [0.4, 0.5) is 4.79 Å². The number of rotatable bonds is 2. The number of thiophene rings is 2. The van der Waals surface area contributed by atoms with Crippen LogP contribution in [0.15, 0.2) is 12.1 Å². The van der Waals surface area contributed by atoms with Gasteiger partial charge in [0.2, 0.25) is 0 Å². The molecule has 180 valence electrons. The van der Waals surface area contributed by atoms with E-state index in [1.165, 1.54) is 36.0 Å². The number of hydrogen-bond donors (Lipinski definition) is 1. The maximum atomic E-state index is 12.0. The van der Waals surface area contributed by atoms with E-state index in [2.05, 4.69) is 10.1 Å². The van der Waals surface area contributed by atoms with E-state index in [1.807, 2.05) is 32.9 Å². The van der Waals surface area contributed by atoms with Crippen molar-refractivity contribution in [2.24, 2.45) is 0 Å². The Morgan fingerprint density at radius 1 is 0.939 bits per heavy atom. The summed E-state index contributed by atoms with van der Waals surface area (Å²) in [4.78, 5) is 40.2. The van der Waals surface area contributed by atoms with Crippen molar-refractivity contribution in [3.63, 3.8) is 0 Å². The third-order valence-corrected chi connectivity index (χ3v) is 7.47. The molecule has 0 radical (unpaired) electrons. The molecule has 1 N–H and O–H groups in total. The number of esters is 2. The number of amides is 1. The highest BCUT2D eigenvalue weighted by molar-refractivity contribution is 7.14. The molecule has 33 heavy (non-hydrogen) atoms. The van der Waals surface area contributed by atoms with Crippen LogP contribution in [-0.2, 0) is 40.1 Å². The highest BCUT2D eigenvalue weighted by Crippen LogP contribution is 2.29. The van der Waals surface area contributed by atoms with Crippen molar-refractivity contribution in [3.8, 4) is 0 Å². The van der Waals surface area contributed by atoms with E-state index in [4.69, 9.17) is 9.47 Å². The van der Waals surface area contributed by atoms with Gasteiger partial charge in [-0.3, -0.25) is 0 Å². The second-order valence-corrected chi connectivity index (χ2v) is 11.0. The molecule has 2 aromatic heterocycles. The number of fused-ring (bicyclic) bond motifs is 2. The second-order valence-electron chi connectivity index (χ2n) is 8.68. The first kappa shape index (κ1) is 25.2. The lowest BCUT2D eigenvalue weighted by Gasteiger charge is -2.29. The maximum absolute atomic E-state index is 12.0. The van der Waals surface area contributed by atoms with Gasteiger partial charge in [0, 0.05) is 29.4 Å². The van der Waals surface area contributed by atoms with E-state index in [1.54, 1.807) is 16.2 Å². The van der Waals surface area contributed by atoms with Crippen molar-refractivity contribution in [2.45, 2.75) is 52.3 Å². The van der Waals surface area contributed by atoms with Gasteiger partial charge in [0.25, 0.3) is 0 Å². The quantitative estimate of drug-likeness (QED) is 0.498. The highest BCUT2D eigenvalue weighted by atomic mass is 32.1. The van der Waals surface area contributed by atoms with Gasteiger partial charge in [0.05, 0.1) is 20.8 Å². The Kier molecular flexibility index (Phi) is 8.14. The molecule has 1 amide bonds. The van der Waals surface area contributed by atoms with Crippen LogP contribution in [0.2, 0.25) is 0 Å². The molecule has 2 aliphatic heterocycles. The average molecular weight is 495 g/mol. The van der Waals surface area contributed by atoms with Gasteiger partial charge in [-0.1, -0.05) is 0 Å². The number of methoxy groups -OCH3 is 2. The molecule has 10 heteroatoms. The largest absolute Gasteiger partial charge is 0.465 e. The lowest BCUT2D eigenvalue weighted by Crippen LogP contribution is -2.39. The third kappa shape index (κ3) is 6.55. The number of nitrogens with one attached hydrogen (secondary N) is 1. The Bertz CT molecular complexity index is 997. The van der Waals surface area contributed by atoms with Crippen molar-refractivity contribution in [1.82, 2.24) is 10.2 Å². The molecule has 0 aromatic carbocycles. The van der Waals surface area contributed by atoms with Crippen molar-refractivity contribution < 1.29 is 28.6 Å². The summed E-state index contributed by atoms with van der Waals surface area (Å²) in [5, 5.41) is 3.27. The molecule has 0 saturated carbocycles. The zero-order valence-corrected chi connectivity index (χ0v) is 21.2. The molecular formula is C23H30N2O6S2. The zero-order chi connectivity index (χ0) is 24.2. The van der Waals surface area contributed by atoms with E-state index in [0.29, 0.717) is 18.0 Å². The first-order chi connectivity index (χ1) is 15.6. The number of carbonyl (C=O) groups excluding carboxylic acids is 3. The molecule has 0 unspecified atom stereocenters. The van der Waals surface area contributed by atoms with Gasteiger partial charge in [-0.25, -0.2) is 14.4 Å². The van der Waals surface area contributed by atoms with Crippen LogP contribution in [0.3, 0.4) is 0 Å². The highest BCUT2D eigenvalue weighted by Gasteiger charge is 2.28. The molecule has 0 fully saturated rings. The van der Waals surface area contributed by atoms with Crippen molar-refractivity contribution >= 4 is 40.7 Å². The van der Waals surface area contributed by atoms with Crippen LogP contribution >= 0.6 is 22.7 Å². The Morgan fingerprint density at radius 3 is 2.06 bits per heavy atom. The number of nitrogens with zero attached hydrogens (tertiary/aromatic N) is 1. The zero-order valence-electron chi connectivity index (χ0n) is 19.6. The molecule has 0 saturated heterocycles. The minimum Gasteiger partial charge on any atom is -0.465 e. The molecule has 8 nitrogen and oxygen atoms in total. The maximum Gasteiger partial charge on any atom is 0.410 e. The molecule has 2 aromatic rings. The molecule has 0 bridgehead atoms. The third-order valence-electron chi connectivity index (χ3n) is 5.03. The van der Waals surface area contributed by atoms with Crippen LogP contribution in [0, 0.1) is 0 Å². The first-order valence-electron chi connectivity index (χ1n) is 10.7. The van der Waals surface area contributed by atoms with E-state index < -0.39 is 5.60 Å². The molecule has 4 rings (SSSR count). The molecule has 2 aliphatic rings. The van der Waals surface area contributed by atoms with Crippen molar-refractivity contribution in [2.75, 3.05) is 27.3 Å². The normalized spacial score (nSPS) is 14.9. The van der Waals surface area contributed by atoms with E-state index in [9.17, 15) is 14.4 Å². The molecule has 0 spiro atoms. The summed E-state index contributed by atoms with van der Waals surface area (Å²) in [6.07, 6.45) is 1.46. The van der Waals surface area contributed by atoms with Crippen LogP contribution in [0.5, 0.6) is 0 Å². The molecule has 4 heterocycles. The van der Waals surface area contributed by atoms with Gasteiger partial charge >= 0.3 is 18.0 Å². The average Bonchev–Trinajstić information content (AvgIpc) is 3.41. The van der Waals surface area contributed by atoms with Gasteiger partial charge < -0.3 is 24.4 Å². The summed E-state index contributed by atoms with van der Waals surface area (Å²) in [7, 11) is 2.79. The predicted octanol–water partition coefficient (Wildman–Crippen LogP) is 4.01. The summed E-state index contributed by atoms with van der Waals surface area (Å²) >= 11 is 3.00. The summed E-state index contributed by atoms with van der Waals surface area (Å²) < 4.78 is 14.8. The fourth-order valence-electron chi connectivity index (χ4n) is 3.47. The first-order valence-corrected chi connectivity index (χ1v) is 12.3. The fraction of sp³-hybridized carbons (Fsp3) is 0.522. The summed E-state index contributed by atoms with van der Waals surface area (Å²) in [6.45, 7) is 8.53. The van der Waals surface area contributed by atoms with Crippen molar-refractivity contribution in [1.29, 1.82) is 0 Å². The SMILES string of the molecule is COC(=O)c1cc2c(s1)CCN(C(=O)OC(C)(C)C)C2.COC(=O)c1cc2c(s1)CCNC2. The predicted molar refractivity (Wildman–Crippen MR) is 127 cm³/mol. The fourth-order valence-corrected chi connectivity index (χ4v) is 5.65. The van der Waals surface area contributed by atoms with Crippen LogP contribution < -0.4 is 5.32 Å². The molecular weight excluding hydrogens is 464 g/mol.